The number of rotatable bonds is 1. The molecular weight excluding hydrogens is 192 g/mol. The molecule has 3 heteroatoms. The first-order valence-corrected chi connectivity index (χ1v) is 4.07. The van der Waals surface area contributed by atoms with Crippen LogP contribution in [0.25, 0.3) is 0 Å². The quantitative estimate of drug-likeness (QED) is 0.645. The molecule has 10 heavy (non-hydrogen) atoms. The fourth-order valence-corrected chi connectivity index (χ4v) is 1.27. The zero-order valence-corrected chi connectivity index (χ0v) is 7.00. The van der Waals surface area contributed by atoms with E-state index in [1.165, 1.54) is 0 Å². The van der Waals surface area contributed by atoms with Gasteiger partial charge in [-0.25, -0.2) is 9.97 Å². The van der Waals surface area contributed by atoms with Crippen LogP contribution in [0.15, 0.2) is 18.5 Å². The Labute approximate surface area is 67.8 Å². The predicted octanol–water partition coefficient (Wildman–Crippen LogP) is 1.86. The molecule has 0 unspecified atom stereocenters. The van der Waals surface area contributed by atoms with Gasteiger partial charge in [0.05, 0.1) is 4.32 Å². The van der Waals surface area contributed by atoms with Gasteiger partial charge in [0.1, 0.15) is 5.82 Å². The van der Waals surface area contributed by atoms with Gasteiger partial charge in [-0.1, -0.05) is 15.9 Å². The van der Waals surface area contributed by atoms with Crippen molar-refractivity contribution in [3.63, 3.8) is 0 Å². The van der Waals surface area contributed by atoms with E-state index in [2.05, 4.69) is 25.9 Å². The number of hydrogen-bond acceptors (Lipinski definition) is 2. The van der Waals surface area contributed by atoms with E-state index < -0.39 is 0 Å². The second-order valence-electron chi connectivity index (χ2n) is 2.54. The molecule has 1 saturated carbocycles. The molecule has 0 spiro atoms. The Morgan fingerprint density at radius 3 is 2.40 bits per heavy atom. The molecule has 1 aliphatic carbocycles. The Morgan fingerprint density at radius 2 is 1.90 bits per heavy atom. The van der Waals surface area contributed by atoms with Crippen molar-refractivity contribution < 1.29 is 0 Å². The fourth-order valence-electron chi connectivity index (χ4n) is 0.864. The highest BCUT2D eigenvalue weighted by atomic mass is 79.9. The van der Waals surface area contributed by atoms with Crippen molar-refractivity contribution in [2.45, 2.75) is 17.2 Å². The minimum atomic E-state index is 0.133. The zero-order chi connectivity index (χ0) is 7.03. The largest absolute Gasteiger partial charge is 0.240 e. The van der Waals surface area contributed by atoms with Crippen molar-refractivity contribution in [2.75, 3.05) is 0 Å². The molecule has 1 aromatic heterocycles. The van der Waals surface area contributed by atoms with Crippen LogP contribution in [0.3, 0.4) is 0 Å². The standard InChI is InChI=1S/C7H7BrN2/c8-7(2-3-7)6-9-4-1-5-10-6/h1,4-5H,2-3H2. The van der Waals surface area contributed by atoms with Crippen molar-refractivity contribution >= 4 is 15.9 Å². The average molecular weight is 199 g/mol. The maximum atomic E-state index is 4.15. The maximum Gasteiger partial charge on any atom is 0.144 e. The fraction of sp³-hybridized carbons (Fsp3) is 0.429. The Balaban J connectivity index is 2.35. The van der Waals surface area contributed by atoms with Crippen LogP contribution in [0.2, 0.25) is 0 Å². The molecular formula is C7H7BrN2. The first kappa shape index (κ1) is 6.28. The van der Waals surface area contributed by atoms with Crippen LogP contribution in [0, 0.1) is 0 Å². The molecule has 0 saturated heterocycles. The van der Waals surface area contributed by atoms with Crippen molar-refractivity contribution in [1.29, 1.82) is 0 Å². The molecule has 0 N–H and O–H groups in total. The lowest BCUT2D eigenvalue weighted by Crippen LogP contribution is -2.01. The number of aromatic nitrogens is 2. The molecule has 1 aromatic rings. The normalized spacial score (nSPS) is 20.5. The van der Waals surface area contributed by atoms with Gasteiger partial charge < -0.3 is 0 Å². The minimum absolute atomic E-state index is 0.133. The van der Waals surface area contributed by atoms with Gasteiger partial charge in [-0.2, -0.15) is 0 Å². The van der Waals surface area contributed by atoms with Crippen molar-refractivity contribution in [3.05, 3.63) is 24.3 Å². The van der Waals surface area contributed by atoms with Gasteiger partial charge in [0.2, 0.25) is 0 Å². The monoisotopic (exact) mass is 198 g/mol. The average Bonchev–Trinajstić information content (AvgIpc) is 2.72. The summed E-state index contributed by atoms with van der Waals surface area (Å²) >= 11 is 3.57. The Bertz CT molecular complexity index is 231. The van der Waals surface area contributed by atoms with E-state index in [1.54, 1.807) is 12.4 Å². The van der Waals surface area contributed by atoms with Crippen LogP contribution in [0.4, 0.5) is 0 Å². The molecule has 1 fully saturated rings. The molecule has 0 aliphatic heterocycles. The van der Waals surface area contributed by atoms with E-state index in [0.717, 1.165) is 18.7 Å². The van der Waals surface area contributed by atoms with Crippen LogP contribution in [0.5, 0.6) is 0 Å². The Hall–Kier alpha value is -0.440. The first-order chi connectivity index (χ1) is 4.81. The molecule has 52 valence electrons. The highest BCUT2D eigenvalue weighted by Gasteiger charge is 2.44. The van der Waals surface area contributed by atoms with Gasteiger partial charge >= 0.3 is 0 Å². The molecule has 1 heterocycles. The summed E-state index contributed by atoms with van der Waals surface area (Å²) < 4.78 is 0.133. The van der Waals surface area contributed by atoms with Gasteiger partial charge in [0.25, 0.3) is 0 Å². The van der Waals surface area contributed by atoms with Crippen LogP contribution < -0.4 is 0 Å². The SMILES string of the molecule is BrC1(c2ncccn2)CC1. The molecule has 0 bridgehead atoms. The summed E-state index contributed by atoms with van der Waals surface area (Å²) in [5.74, 6) is 0.926. The number of hydrogen-bond donors (Lipinski definition) is 0. The lowest BCUT2D eigenvalue weighted by Gasteiger charge is -2.01. The number of nitrogens with zero attached hydrogens (tertiary/aromatic N) is 2. The summed E-state index contributed by atoms with van der Waals surface area (Å²) in [4.78, 5) is 8.31. The molecule has 0 amide bonds. The van der Waals surface area contributed by atoms with Gasteiger partial charge in [0.15, 0.2) is 0 Å². The summed E-state index contributed by atoms with van der Waals surface area (Å²) in [7, 11) is 0. The smallest absolute Gasteiger partial charge is 0.144 e. The molecule has 1 aliphatic rings. The van der Waals surface area contributed by atoms with Gasteiger partial charge in [-0.15, -0.1) is 0 Å². The minimum Gasteiger partial charge on any atom is -0.240 e. The van der Waals surface area contributed by atoms with Crippen LogP contribution >= 0.6 is 15.9 Å². The van der Waals surface area contributed by atoms with Crippen molar-refractivity contribution in [2.24, 2.45) is 0 Å². The summed E-state index contributed by atoms with van der Waals surface area (Å²) in [6, 6.07) is 1.84. The van der Waals surface area contributed by atoms with Crippen LogP contribution in [0.1, 0.15) is 18.7 Å². The third-order valence-corrected chi connectivity index (χ3v) is 2.80. The van der Waals surface area contributed by atoms with E-state index in [9.17, 15) is 0 Å². The van der Waals surface area contributed by atoms with E-state index in [-0.39, 0.29) is 4.32 Å². The molecule has 0 aromatic carbocycles. The summed E-state index contributed by atoms with van der Waals surface area (Å²) in [6.07, 6.45) is 5.89. The Morgan fingerprint density at radius 1 is 1.30 bits per heavy atom. The zero-order valence-electron chi connectivity index (χ0n) is 5.42. The molecule has 0 atom stereocenters. The van der Waals surface area contributed by atoms with E-state index in [1.807, 2.05) is 6.07 Å². The first-order valence-electron chi connectivity index (χ1n) is 3.28. The third-order valence-electron chi connectivity index (χ3n) is 1.66. The predicted molar refractivity (Wildman–Crippen MR) is 41.9 cm³/mol. The highest BCUT2D eigenvalue weighted by molar-refractivity contribution is 9.09. The van der Waals surface area contributed by atoms with Crippen molar-refractivity contribution in [3.8, 4) is 0 Å². The number of halogens is 1. The Kier molecular flexibility index (Phi) is 1.27. The lowest BCUT2D eigenvalue weighted by molar-refractivity contribution is 0.887. The summed E-state index contributed by atoms with van der Waals surface area (Å²) in [5.41, 5.74) is 0. The molecule has 2 nitrogen and oxygen atoms in total. The van der Waals surface area contributed by atoms with E-state index in [4.69, 9.17) is 0 Å². The van der Waals surface area contributed by atoms with E-state index >= 15 is 0 Å². The summed E-state index contributed by atoms with van der Waals surface area (Å²) in [5, 5.41) is 0. The molecule has 2 rings (SSSR count). The lowest BCUT2D eigenvalue weighted by atomic mass is 10.4. The van der Waals surface area contributed by atoms with Crippen LogP contribution in [-0.2, 0) is 4.32 Å². The van der Waals surface area contributed by atoms with E-state index in [0.29, 0.717) is 0 Å². The van der Waals surface area contributed by atoms with Crippen molar-refractivity contribution in [1.82, 2.24) is 9.97 Å². The number of alkyl halides is 1. The van der Waals surface area contributed by atoms with Gasteiger partial charge in [0, 0.05) is 12.4 Å². The molecule has 0 radical (unpaired) electrons. The maximum absolute atomic E-state index is 4.15. The topological polar surface area (TPSA) is 25.8 Å². The third kappa shape index (κ3) is 0.944. The van der Waals surface area contributed by atoms with Gasteiger partial charge in [-0.05, 0) is 18.9 Å². The summed E-state index contributed by atoms with van der Waals surface area (Å²) in [6.45, 7) is 0. The second kappa shape index (κ2) is 2.02. The van der Waals surface area contributed by atoms with Gasteiger partial charge in [-0.3, -0.25) is 0 Å². The van der Waals surface area contributed by atoms with Crippen LogP contribution in [-0.4, -0.2) is 9.97 Å². The second-order valence-corrected chi connectivity index (χ2v) is 4.06. The highest BCUT2D eigenvalue weighted by Crippen LogP contribution is 2.51.